The lowest BCUT2D eigenvalue weighted by molar-refractivity contribution is 1.01. The van der Waals surface area contributed by atoms with Crippen LogP contribution in [0, 0.1) is 11.3 Å². The maximum Gasteiger partial charge on any atom is 0.264 e. The van der Waals surface area contributed by atoms with E-state index in [4.69, 9.17) is 34.8 Å². The second kappa shape index (κ2) is 8.29. The number of halogens is 3. The monoisotopic (exact) mass is 452 g/mol. The van der Waals surface area contributed by atoms with Crippen LogP contribution in [0.15, 0.2) is 65.7 Å². The van der Waals surface area contributed by atoms with E-state index in [1.807, 2.05) is 6.07 Å². The number of nitriles is 1. The zero-order valence-electron chi connectivity index (χ0n) is 15.2. The first-order chi connectivity index (χ1) is 14.5. The summed E-state index contributed by atoms with van der Waals surface area (Å²) in [6.45, 7) is 0. The summed E-state index contributed by atoms with van der Waals surface area (Å²) < 4.78 is 1.42. The third-order valence-corrected chi connectivity index (χ3v) is 5.01. The molecule has 0 atom stereocenters. The first kappa shape index (κ1) is 20.1. The third-order valence-electron chi connectivity index (χ3n) is 4.35. The van der Waals surface area contributed by atoms with Crippen molar-refractivity contribution in [2.45, 2.75) is 0 Å². The van der Waals surface area contributed by atoms with Gasteiger partial charge in [-0.1, -0.05) is 34.8 Å². The van der Waals surface area contributed by atoms with Gasteiger partial charge in [-0.15, -0.1) is 0 Å². The highest BCUT2D eigenvalue weighted by Crippen LogP contribution is 2.25. The fraction of sp³-hybridized carbons (Fsp3) is 0. The number of nitrogens with zero attached hydrogens (tertiary/aromatic N) is 4. The Balaban J connectivity index is 2.00. The first-order valence-electron chi connectivity index (χ1n) is 8.67. The van der Waals surface area contributed by atoms with E-state index in [9.17, 15) is 10.1 Å². The molecule has 4 aromatic rings. The summed E-state index contributed by atoms with van der Waals surface area (Å²) in [7, 11) is 0. The molecule has 0 unspecified atom stereocenters. The molecule has 4 rings (SSSR count). The Bertz CT molecular complexity index is 1380. The predicted octanol–water partition coefficient (Wildman–Crippen LogP) is 5.81. The van der Waals surface area contributed by atoms with Gasteiger partial charge in [-0.3, -0.25) is 9.36 Å². The fourth-order valence-electron chi connectivity index (χ4n) is 3.05. The Morgan fingerprint density at radius 2 is 1.80 bits per heavy atom. The zero-order chi connectivity index (χ0) is 21.3. The Kier molecular flexibility index (Phi) is 5.56. The summed E-state index contributed by atoms with van der Waals surface area (Å²) in [6, 6.07) is 15.5. The molecule has 0 aliphatic rings. The average Bonchev–Trinajstić information content (AvgIpc) is 2.72. The van der Waals surface area contributed by atoms with Crippen LogP contribution in [0.5, 0.6) is 0 Å². The summed E-state index contributed by atoms with van der Waals surface area (Å²) in [4.78, 5) is 21.7. The van der Waals surface area contributed by atoms with Crippen molar-refractivity contribution >= 4 is 57.5 Å². The van der Waals surface area contributed by atoms with Crippen LogP contribution in [0.25, 0.3) is 28.4 Å². The zero-order valence-corrected chi connectivity index (χ0v) is 17.4. The summed E-state index contributed by atoms with van der Waals surface area (Å²) in [5.41, 5.74) is 1.68. The molecule has 146 valence electrons. The van der Waals surface area contributed by atoms with Gasteiger partial charge in [0.2, 0.25) is 0 Å². The summed E-state index contributed by atoms with van der Waals surface area (Å²) >= 11 is 18.1. The third kappa shape index (κ3) is 3.94. The maximum atomic E-state index is 13.4. The predicted molar refractivity (Wildman–Crippen MR) is 120 cm³/mol. The van der Waals surface area contributed by atoms with Gasteiger partial charge in [-0.2, -0.15) is 5.26 Å². The molecule has 0 radical (unpaired) electrons. The van der Waals surface area contributed by atoms with E-state index in [1.54, 1.807) is 48.7 Å². The second-order valence-electron chi connectivity index (χ2n) is 6.32. The molecule has 5 nitrogen and oxygen atoms in total. The van der Waals surface area contributed by atoms with Gasteiger partial charge in [0.15, 0.2) is 0 Å². The van der Waals surface area contributed by atoms with Crippen LogP contribution >= 0.6 is 34.8 Å². The molecule has 0 aliphatic heterocycles. The molecule has 0 saturated carbocycles. The van der Waals surface area contributed by atoms with Gasteiger partial charge in [-0.05, 0) is 54.6 Å². The fourth-order valence-corrected chi connectivity index (χ4v) is 3.67. The van der Waals surface area contributed by atoms with E-state index < -0.39 is 0 Å². The molecule has 0 amide bonds. The molecule has 0 spiro atoms. The highest BCUT2D eigenvalue weighted by molar-refractivity contribution is 6.34. The number of allylic oxidation sites excluding steroid dienone is 1. The minimum atomic E-state index is -0.366. The van der Waals surface area contributed by atoms with E-state index in [-0.39, 0.29) is 11.1 Å². The van der Waals surface area contributed by atoms with Crippen molar-refractivity contribution in [3.05, 3.63) is 97.6 Å². The van der Waals surface area contributed by atoms with E-state index in [1.165, 1.54) is 16.8 Å². The maximum absolute atomic E-state index is 13.4. The van der Waals surface area contributed by atoms with E-state index in [0.717, 1.165) is 0 Å². The summed E-state index contributed by atoms with van der Waals surface area (Å²) in [6.07, 6.45) is 4.59. The van der Waals surface area contributed by atoms with Crippen LogP contribution in [-0.2, 0) is 0 Å². The minimum Gasteiger partial charge on any atom is -0.268 e. The van der Waals surface area contributed by atoms with Crippen molar-refractivity contribution in [3.63, 3.8) is 0 Å². The number of rotatable bonds is 3. The van der Waals surface area contributed by atoms with E-state index >= 15 is 0 Å². The van der Waals surface area contributed by atoms with Crippen molar-refractivity contribution in [2.24, 2.45) is 0 Å². The Hall–Kier alpha value is -3.17. The van der Waals surface area contributed by atoms with Crippen LogP contribution < -0.4 is 5.56 Å². The van der Waals surface area contributed by atoms with Gasteiger partial charge >= 0.3 is 0 Å². The molecule has 1 aromatic carbocycles. The lowest BCUT2D eigenvalue weighted by Gasteiger charge is -2.12. The SMILES string of the molecule is N#C/C(=C\c1cc2cccnc2n(-c2cc(Cl)cc(Cl)c2)c1=O)c1ccc(Cl)nc1. The Morgan fingerprint density at radius 1 is 1.03 bits per heavy atom. The number of benzene rings is 1. The van der Waals surface area contributed by atoms with Crippen LogP contribution in [0.4, 0.5) is 0 Å². The van der Waals surface area contributed by atoms with Gasteiger partial charge in [0.1, 0.15) is 10.8 Å². The molecule has 0 aliphatic carbocycles. The molecular weight excluding hydrogens is 443 g/mol. The number of hydrogen-bond donors (Lipinski definition) is 0. The van der Waals surface area contributed by atoms with Crippen molar-refractivity contribution in [1.82, 2.24) is 14.5 Å². The minimum absolute atomic E-state index is 0.273. The lowest BCUT2D eigenvalue weighted by Crippen LogP contribution is -2.21. The average molecular weight is 454 g/mol. The second-order valence-corrected chi connectivity index (χ2v) is 7.58. The number of pyridine rings is 3. The van der Waals surface area contributed by atoms with Gasteiger partial charge in [0.25, 0.3) is 5.56 Å². The summed E-state index contributed by atoms with van der Waals surface area (Å²) in [5, 5.41) is 11.4. The molecular formula is C22H11Cl3N4O. The molecule has 8 heteroatoms. The summed E-state index contributed by atoms with van der Waals surface area (Å²) in [5.74, 6) is 0. The first-order valence-corrected chi connectivity index (χ1v) is 9.80. The molecule has 0 bridgehead atoms. The standard InChI is InChI=1S/C22H11Cl3N4O/c23-17-8-18(24)10-19(9-17)29-21-13(2-1-5-27-21)6-15(22(29)30)7-16(11-26)14-3-4-20(25)28-12-14/h1-10,12H/b16-7+. The molecule has 3 heterocycles. The van der Waals surface area contributed by atoms with Crippen LogP contribution in [-0.4, -0.2) is 14.5 Å². The molecule has 3 aromatic heterocycles. The quantitative estimate of drug-likeness (QED) is 0.290. The smallest absolute Gasteiger partial charge is 0.264 e. The molecule has 0 N–H and O–H groups in total. The van der Waals surface area contributed by atoms with Crippen LogP contribution in [0.2, 0.25) is 15.2 Å². The Morgan fingerprint density at radius 3 is 2.47 bits per heavy atom. The van der Waals surface area contributed by atoms with Crippen LogP contribution in [0.1, 0.15) is 11.1 Å². The molecule has 0 fully saturated rings. The van der Waals surface area contributed by atoms with E-state index in [0.29, 0.717) is 43.0 Å². The lowest BCUT2D eigenvalue weighted by atomic mass is 10.1. The number of hydrogen-bond acceptors (Lipinski definition) is 4. The van der Waals surface area contributed by atoms with Gasteiger partial charge in [0, 0.05) is 39.0 Å². The topological polar surface area (TPSA) is 71.6 Å². The highest BCUT2D eigenvalue weighted by Gasteiger charge is 2.13. The van der Waals surface area contributed by atoms with Crippen molar-refractivity contribution in [3.8, 4) is 11.8 Å². The van der Waals surface area contributed by atoms with Crippen molar-refractivity contribution in [1.29, 1.82) is 5.26 Å². The molecule has 30 heavy (non-hydrogen) atoms. The Labute approximate surface area is 186 Å². The van der Waals surface area contributed by atoms with Gasteiger partial charge in [0.05, 0.1) is 17.3 Å². The van der Waals surface area contributed by atoms with Crippen molar-refractivity contribution in [2.75, 3.05) is 0 Å². The number of fused-ring (bicyclic) bond motifs is 1. The normalized spacial score (nSPS) is 11.5. The molecule has 0 saturated heterocycles. The van der Waals surface area contributed by atoms with E-state index in [2.05, 4.69) is 16.0 Å². The van der Waals surface area contributed by atoms with Gasteiger partial charge < -0.3 is 0 Å². The number of aromatic nitrogens is 3. The highest BCUT2D eigenvalue weighted by atomic mass is 35.5. The largest absolute Gasteiger partial charge is 0.268 e. The van der Waals surface area contributed by atoms with Crippen molar-refractivity contribution < 1.29 is 0 Å². The van der Waals surface area contributed by atoms with Crippen LogP contribution in [0.3, 0.4) is 0 Å². The van der Waals surface area contributed by atoms with Gasteiger partial charge in [-0.25, -0.2) is 9.97 Å².